The Labute approximate surface area is 164 Å². The molecule has 0 aliphatic heterocycles. The van der Waals surface area contributed by atoms with Crippen molar-refractivity contribution >= 4 is 33.4 Å². The highest BCUT2D eigenvalue weighted by Gasteiger charge is 2.14. The zero-order chi connectivity index (χ0) is 19.8. The number of ether oxygens (including phenoxy) is 1. The molecule has 0 aliphatic carbocycles. The molecule has 0 bridgehead atoms. The van der Waals surface area contributed by atoms with Gasteiger partial charge in [-0.1, -0.05) is 19.4 Å². The lowest BCUT2D eigenvalue weighted by Crippen LogP contribution is -2.41. The van der Waals surface area contributed by atoms with Gasteiger partial charge in [-0.05, 0) is 46.6 Å². The molecule has 0 saturated heterocycles. The Hall–Kier alpha value is -2.94. The molecule has 2 amide bonds. The van der Waals surface area contributed by atoms with E-state index in [1.54, 1.807) is 18.2 Å². The predicted octanol–water partition coefficient (Wildman–Crippen LogP) is 3.61. The van der Waals surface area contributed by atoms with Gasteiger partial charge in [0.05, 0.1) is 16.0 Å². The minimum absolute atomic E-state index is 0.0605. The summed E-state index contributed by atoms with van der Waals surface area (Å²) in [4.78, 5) is 34.4. The lowest BCUT2D eigenvalue weighted by molar-refractivity contribution is -0.384. The highest BCUT2D eigenvalue weighted by atomic mass is 79.9. The first-order valence-electron chi connectivity index (χ1n) is 8.20. The van der Waals surface area contributed by atoms with E-state index < -0.39 is 16.7 Å². The van der Waals surface area contributed by atoms with Crippen LogP contribution in [0.4, 0.5) is 5.69 Å². The van der Waals surface area contributed by atoms with Crippen LogP contribution < -0.4 is 15.6 Å². The lowest BCUT2D eigenvalue weighted by atomic mass is 10.2. The Morgan fingerprint density at radius 3 is 2.37 bits per heavy atom. The number of hydrogen-bond donors (Lipinski definition) is 2. The van der Waals surface area contributed by atoms with Crippen molar-refractivity contribution in [2.45, 2.75) is 19.8 Å². The second-order valence-corrected chi connectivity index (χ2v) is 6.42. The summed E-state index contributed by atoms with van der Waals surface area (Å²) in [7, 11) is 0. The van der Waals surface area contributed by atoms with E-state index in [1.807, 2.05) is 0 Å². The molecule has 0 atom stereocenters. The monoisotopic (exact) mass is 435 g/mol. The number of nitro groups is 1. The number of nitro benzene ring substituents is 1. The van der Waals surface area contributed by atoms with E-state index in [2.05, 4.69) is 33.7 Å². The summed E-state index contributed by atoms with van der Waals surface area (Å²) in [5.74, 6) is -0.569. The van der Waals surface area contributed by atoms with Gasteiger partial charge in [0.2, 0.25) is 0 Å². The third kappa shape index (κ3) is 5.78. The minimum Gasteiger partial charge on any atom is -0.492 e. The van der Waals surface area contributed by atoms with Crippen molar-refractivity contribution in [3.63, 3.8) is 0 Å². The number of carbonyl (C=O) groups is 2. The van der Waals surface area contributed by atoms with Crippen LogP contribution in [0.25, 0.3) is 0 Å². The number of rotatable bonds is 7. The molecule has 0 aromatic heterocycles. The highest BCUT2D eigenvalue weighted by molar-refractivity contribution is 9.10. The van der Waals surface area contributed by atoms with Crippen molar-refractivity contribution in [1.29, 1.82) is 0 Å². The van der Waals surface area contributed by atoms with Gasteiger partial charge < -0.3 is 4.74 Å². The SMILES string of the molecule is CCCCOc1ccc(C(=O)NNC(=O)c2cccc([N+](=O)[O-])c2)cc1Br. The fraction of sp³-hybridized carbons (Fsp3) is 0.222. The van der Waals surface area contributed by atoms with Gasteiger partial charge >= 0.3 is 0 Å². The number of benzene rings is 2. The maximum Gasteiger partial charge on any atom is 0.270 e. The van der Waals surface area contributed by atoms with E-state index in [4.69, 9.17) is 4.74 Å². The van der Waals surface area contributed by atoms with Gasteiger partial charge in [-0.2, -0.15) is 0 Å². The third-order valence-corrected chi connectivity index (χ3v) is 4.18. The number of amides is 2. The Bertz CT molecular complexity index is 857. The molecule has 2 aromatic carbocycles. The summed E-state index contributed by atoms with van der Waals surface area (Å²) >= 11 is 3.35. The van der Waals surface area contributed by atoms with Gasteiger partial charge in [0.1, 0.15) is 5.75 Å². The molecule has 0 radical (unpaired) electrons. The molecule has 0 spiro atoms. The number of halogens is 1. The van der Waals surface area contributed by atoms with Gasteiger partial charge in [-0.3, -0.25) is 30.6 Å². The molecule has 0 unspecified atom stereocenters. The standard InChI is InChI=1S/C18H18BrN3O5/c1-2-3-9-27-16-8-7-13(11-15(16)19)18(24)21-20-17(23)12-5-4-6-14(10-12)22(25)26/h4-8,10-11H,2-3,9H2,1H3,(H,20,23)(H,21,24). The molecule has 2 aromatic rings. The van der Waals surface area contributed by atoms with Crippen LogP contribution in [-0.4, -0.2) is 23.3 Å². The van der Waals surface area contributed by atoms with Crippen molar-refractivity contribution in [3.05, 3.63) is 68.2 Å². The fourth-order valence-electron chi connectivity index (χ4n) is 2.10. The number of carbonyl (C=O) groups excluding carboxylic acids is 2. The molecule has 0 saturated carbocycles. The first-order valence-corrected chi connectivity index (χ1v) is 8.99. The van der Waals surface area contributed by atoms with Crippen LogP contribution in [-0.2, 0) is 0 Å². The summed E-state index contributed by atoms with van der Waals surface area (Å²) in [6.07, 6.45) is 1.95. The second kappa shape index (κ2) is 9.67. The number of nitrogens with zero attached hydrogens (tertiary/aromatic N) is 1. The molecule has 0 heterocycles. The molecule has 2 N–H and O–H groups in total. The molecular formula is C18H18BrN3O5. The first kappa shape index (κ1) is 20.4. The van der Waals surface area contributed by atoms with E-state index in [9.17, 15) is 19.7 Å². The number of hydrogen-bond acceptors (Lipinski definition) is 5. The fourth-order valence-corrected chi connectivity index (χ4v) is 2.60. The van der Waals surface area contributed by atoms with Crippen LogP contribution in [0.3, 0.4) is 0 Å². The number of unbranched alkanes of at least 4 members (excludes halogenated alkanes) is 1. The summed E-state index contributed by atoms with van der Waals surface area (Å²) in [6.45, 7) is 2.65. The predicted molar refractivity (Wildman–Crippen MR) is 103 cm³/mol. The molecule has 142 valence electrons. The van der Waals surface area contributed by atoms with Crippen molar-refractivity contribution in [2.75, 3.05) is 6.61 Å². The largest absolute Gasteiger partial charge is 0.492 e. The number of non-ortho nitro benzene ring substituents is 1. The van der Waals surface area contributed by atoms with Crippen LogP contribution in [0, 0.1) is 10.1 Å². The van der Waals surface area contributed by atoms with E-state index >= 15 is 0 Å². The number of hydrazine groups is 1. The normalized spacial score (nSPS) is 10.1. The van der Waals surface area contributed by atoms with Crippen molar-refractivity contribution in [1.82, 2.24) is 10.9 Å². The Kier molecular flexibility index (Phi) is 7.30. The van der Waals surface area contributed by atoms with Gasteiger partial charge in [0.25, 0.3) is 17.5 Å². The molecule has 9 heteroatoms. The quantitative estimate of drug-likeness (QED) is 0.392. The van der Waals surface area contributed by atoms with Gasteiger partial charge in [0.15, 0.2) is 0 Å². The van der Waals surface area contributed by atoms with Crippen molar-refractivity contribution in [2.24, 2.45) is 0 Å². The minimum atomic E-state index is -0.661. The Balaban J connectivity index is 1.97. The van der Waals surface area contributed by atoms with Crippen molar-refractivity contribution < 1.29 is 19.2 Å². The molecular weight excluding hydrogens is 418 g/mol. The summed E-state index contributed by atoms with van der Waals surface area (Å²) in [5, 5.41) is 10.8. The van der Waals surface area contributed by atoms with Crippen LogP contribution in [0.5, 0.6) is 5.75 Å². The summed E-state index contributed by atoms with van der Waals surface area (Å²) in [6, 6.07) is 10.0. The van der Waals surface area contributed by atoms with Gasteiger partial charge in [-0.15, -0.1) is 0 Å². The number of nitrogens with one attached hydrogen (secondary N) is 2. The molecule has 2 rings (SSSR count). The highest BCUT2D eigenvalue weighted by Crippen LogP contribution is 2.26. The van der Waals surface area contributed by atoms with Crippen molar-refractivity contribution in [3.8, 4) is 5.75 Å². The topological polar surface area (TPSA) is 111 Å². The summed E-state index contributed by atoms with van der Waals surface area (Å²) in [5.41, 5.74) is 4.66. The van der Waals surface area contributed by atoms with Gasteiger partial charge in [-0.25, -0.2) is 0 Å². The molecule has 8 nitrogen and oxygen atoms in total. The Morgan fingerprint density at radius 1 is 1.11 bits per heavy atom. The maximum atomic E-state index is 12.2. The first-order chi connectivity index (χ1) is 12.9. The lowest BCUT2D eigenvalue weighted by Gasteiger charge is -2.10. The summed E-state index contributed by atoms with van der Waals surface area (Å²) < 4.78 is 6.22. The van der Waals surface area contributed by atoms with Crippen LogP contribution >= 0.6 is 15.9 Å². The zero-order valence-electron chi connectivity index (χ0n) is 14.5. The van der Waals surface area contributed by atoms with Crippen LogP contribution in [0.15, 0.2) is 46.9 Å². The van der Waals surface area contributed by atoms with E-state index in [0.717, 1.165) is 18.9 Å². The van der Waals surface area contributed by atoms with Crippen LogP contribution in [0.1, 0.15) is 40.5 Å². The van der Waals surface area contributed by atoms with E-state index in [-0.39, 0.29) is 11.3 Å². The molecule has 27 heavy (non-hydrogen) atoms. The van der Waals surface area contributed by atoms with E-state index in [1.165, 1.54) is 18.2 Å². The smallest absolute Gasteiger partial charge is 0.270 e. The third-order valence-electron chi connectivity index (χ3n) is 3.56. The van der Waals surface area contributed by atoms with Gasteiger partial charge in [0, 0.05) is 23.3 Å². The maximum absolute atomic E-state index is 12.2. The van der Waals surface area contributed by atoms with Crippen LogP contribution in [0.2, 0.25) is 0 Å². The molecule has 0 fully saturated rings. The second-order valence-electron chi connectivity index (χ2n) is 5.56. The zero-order valence-corrected chi connectivity index (χ0v) is 16.1. The van der Waals surface area contributed by atoms with E-state index in [0.29, 0.717) is 22.4 Å². The Morgan fingerprint density at radius 2 is 1.78 bits per heavy atom. The average Bonchev–Trinajstić information content (AvgIpc) is 2.67. The average molecular weight is 436 g/mol. The molecule has 0 aliphatic rings.